The van der Waals surface area contributed by atoms with Crippen molar-refractivity contribution in [3.8, 4) is 0 Å². The molecular formula is C8H7BrN2S2. The molecule has 0 N–H and O–H groups in total. The first-order valence-corrected chi connectivity index (χ1v) is 6.60. The third-order valence-corrected chi connectivity index (χ3v) is 4.36. The fraction of sp³-hybridized carbons (Fsp3) is 0.250. The van der Waals surface area contributed by atoms with Crippen molar-refractivity contribution in [2.45, 2.75) is 6.42 Å². The molecule has 0 radical (unpaired) electrons. The van der Waals surface area contributed by atoms with Crippen molar-refractivity contribution in [1.29, 1.82) is 0 Å². The molecule has 0 atom stereocenters. The molecule has 2 rings (SSSR count). The summed E-state index contributed by atoms with van der Waals surface area (Å²) >= 11 is 6.82. The van der Waals surface area contributed by atoms with Gasteiger partial charge in [-0.2, -0.15) is 0 Å². The standard InChI is InChI=1S/C8H7BrN2S2/c1-12-8-5-2-6(10-4-11-8)7(9)13-3-5/h3-4H,2H2,1H3. The Hall–Kier alpha value is -0.000000000000000111. The van der Waals surface area contributed by atoms with E-state index < -0.39 is 0 Å². The lowest BCUT2D eigenvalue weighted by Gasteiger charge is -2.12. The van der Waals surface area contributed by atoms with E-state index in [1.165, 1.54) is 5.57 Å². The second-order valence-corrected chi connectivity index (χ2v) is 5.53. The molecule has 0 aromatic carbocycles. The Balaban J connectivity index is 2.38. The molecule has 2 aliphatic rings. The molecule has 2 bridgehead atoms. The lowest BCUT2D eigenvalue weighted by atomic mass is 10.2. The second kappa shape index (κ2) is 4.02. The summed E-state index contributed by atoms with van der Waals surface area (Å²) in [6.45, 7) is 0. The third-order valence-electron chi connectivity index (χ3n) is 1.75. The topological polar surface area (TPSA) is 24.7 Å². The molecular weight excluding hydrogens is 268 g/mol. The average molecular weight is 275 g/mol. The minimum absolute atomic E-state index is 0.893. The van der Waals surface area contributed by atoms with E-state index in [4.69, 9.17) is 0 Å². The minimum Gasteiger partial charge on any atom is -0.239 e. The van der Waals surface area contributed by atoms with Gasteiger partial charge in [0.05, 0.1) is 9.51 Å². The molecule has 68 valence electrons. The maximum absolute atomic E-state index is 4.27. The van der Waals surface area contributed by atoms with E-state index in [2.05, 4.69) is 31.3 Å². The zero-order chi connectivity index (χ0) is 9.26. The number of thioether (sulfide) groups is 2. The average Bonchev–Trinajstić information content (AvgIpc) is 2.32. The van der Waals surface area contributed by atoms with Crippen LogP contribution in [0.2, 0.25) is 0 Å². The van der Waals surface area contributed by atoms with Crippen molar-refractivity contribution < 1.29 is 0 Å². The first kappa shape index (κ1) is 9.55. The number of hydrogen-bond donors (Lipinski definition) is 0. The van der Waals surface area contributed by atoms with Crippen LogP contribution in [0.1, 0.15) is 6.42 Å². The van der Waals surface area contributed by atoms with E-state index in [0.29, 0.717) is 0 Å². The van der Waals surface area contributed by atoms with Crippen LogP contribution in [0.15, 0.2) is 30.5 Å². The van der Waals surface area contributed by atoms with E-state index in [1.54, 1.807) is 29.9 Å². The Morgan fingerprint density at radius 1 is 1.62 bits per heavy atom. The van der Waals surface area contributed by atoms with Crippen molar-refractivity contribution in [2.24, 2.45) is 9.98 Å². The smallest absolute Gasteiger partial charge is 0.117 e. The number of nitrogens with zero attached hydrogens (tertiary/aromatic N) is 2. The van der Waals surface area contributed by atoms with Gasteiger partial charge in [-0.15, -0.1) is 11.8 Å². The Kier molecular flexibility index (Phi) is 2.96. The van der Waals surface area contributed by atoms with E-state index in [1.807, 2.05) is 6.26 Å². The molecule has 5 heteroatoms. The molecule has 0 spiro atoms. The maximum atomic E-state index is 4.27. The van der Waals surface area contributed by atoms with Crippen LogP contribution < -0.4 is 0 Å². The first-order valence-electron chi connectivity index (χ1n) is 3.70. The molecule has 0 aromatic rings. The molecule has 0 unspecified atom stereocenters. The van der Waals surface area contributed by atoms with E-state index in [0.717, 1.165) is 21.0 Å². The van der Waals surface area contributed by atoms with Gasteiger partial charge < -0.3 is 0 Å². The van der Waals surface area contributed by atoms with Crippen LogP contribution in [0.5, 0.6) is 0 Å². The fourth-order valence-corrected chi connectivity index (χ4v) is 2.97. The molecule has 0 aromatic heterocycles. The summed E-state index contributed by atoms with van der Waals surface area (Å²) in [5, 5.41) is 3.21. The van der Waals surface area contributed by atoms with E-state index in [-0.39, 0.29) is 0 Å². The highest BCUT2D eigenvalue weighted by Crippen LogP contribution is 2.39. The quantitative estimate of drug-likeness (QED) is 0.677. The number of aliphatic imine (C=N–C) groups is 2. The lowest BCUT2D eigenvalue weighted by Crippen LogP contribution is -1.99. The predicted octanol–water partition coefficient (Wildman–Crippen LogP) is 3.37. The van der Waals surface area contributed by atoms with Crippen molar-refractivity contribution in [3.63, 3.8) is 0 Å². The van der Waals surface area contributed by atoms with Crippen LogP contribution in [0, 0.1) is 0 Å². The van der Waals surface area contributed by atoms with E-state index in [9.17, 15) is 0 Å². The monoisotopic (exact) mass is 274 g/mol. The Morgan fingerprint density at radius 3 is 3.23 bits per heavy atom. The minimum atomic E-state index is 0.893. The van der Waals surface area contributed by atoms with Gasteiger partial charge in [0, 0.05) is 6.42 Å². The Bertz CT molecular complexity index is 355. The molecule has 0 aliphatic carbocycles. The van der Waals surface area contributed by atoms with Crippen molar-refractivity contribution in [1.82, 2.24) is 0 Å². The summed E-state index contributed by atoms with van der Waals surface area (Å²) in [6, 6.07) is 0. The van der Waals surface area contributed by atoms with Crippen LogP contribution in [-0.2, 0) is 0 Å². The number of allylic oxidation sites excluding steroid dienone is 1. The van der Waals surface area contributed by atoms with Crippen molar-refractivity contribution >= 4 is 50.8 Å². The number of fused-ring (bicyclic) bond motifs is 2. The normalized spacial score (nSPS) is 21.1. The summed E-state index contributed by atoms with van der Waals surface area (Å²) < 4.78 is 1.10. The molecule has 13 heavy (non-hydrogen) atoms. The van der Waals surface area contributed by atoms with Gasteiger partial charge in [-0.05, 0) is 33.2 Å². The van der Waals surface area contributed by atoms with Crippen LogP contribution in [-0.4, -0.2) is 17.6 Å². The van der Waals surface area contributed by atoms with Crippen LogP contribution >= 0.6 is 39.5 Å². The summed E-state index contributed by atoms with van der Waals surface area (Å²) in [6.07, 6.45) is 4.56. The third kappa shape index (κ3) is 1.92. The number of hydrogen-bond acceptors (Lipinski definition) is 4. The summed E-state index contributed by atoms with van der Waals surface area (Å²) in [4.78, 5) is 8.54. The van der Waals surface area contributed by atoms with E-state index >= 15 is 0 Å². The van der Waals surface area contributed by atoms with Gasteiger partial charge in [0.25, 0.3) is 0 Å². The zero-order valence-electron chi connectivity index (χ0n) is 6.95. The summed E-state index contributed by atoms with van der Waals surface area (Å²) in [7, 11) is 0. The van der Waals surface area contributed by atoms with Gasteiger partial charge in [-0.1, -0.05) is 11.8 Å². The molecule has 2 aliphatic heterocycles. The van der Waals surface area contributed by atoms with Gasteiger partial charge in [0.1, 0.15) is 11.4 Å². The van der Waals surface area contributed by atoms with Gasteiger partial charge in [0.15, 0.2) is 0 Å². The first-order chi connectivity index (χ1) is 6.31. The van der Waals surface area contributed by atoms with Crippen LogP contribution in [0.3, 0.4) is 0 Å². The molecule has 0 saturated heterocycles. The summed E-state index contributed by atoms with van der Waals surface area (Å²) in [5.74, 6) is 0. The highest BCUT2D eigenvalue weighted by Gasteiger charge is 2.17. The Morgan fingerprint density at radius 2 is 2.46 bits per heavy atom. The molecule has 0 amide bonds. The van der Waals surface area contributed by atoms with Crippen LogP contribution in [0.25, 0.3) is 0 Å². The lowest BCUT2D eigenvalue weighted by molar-refractivity contribution is 1.15. The van der Waals surface area contributed by atoms with Crippen LogP contribution in [0.4, 0.5) is 0 Å². The predicted molar refractivity (Wildman–Crippen MR) is 65.7 cm³/mol. The van der Waals surface area contributed by atoms with Gasteiger partial charge in [-0.3, -0.25) is 0 Å². The van der Waals surface area contributed by atoms with Crippen molar-refractivity contribution in [2.75, 3.05) is 6.26 Å². The molecule has 2 nitrogen and oxygen atoms in total. The fourth-order valence-electron chi connectivity index (χ4n) is 1.12. The molecule has 0 fully saturated rings. The van der Waals surface area contributed by atoms with Gasteiger partial charge in [-0.25, -0.2) is 9.98 Å². The summed E-state index contributed by atoms with van der Waals surface area (Å²) in [5.41, 5.74) is 2.35. The molecule has 2 heterocycles. The highest BCUT2D eigenvalue weighted by molar-refractivity contribution is 9.14. The largest absolute Gasteiger partial charge is 0.239 e. The SMILES string of the molecule is CSC1=NC=NC2=C(Br)SC=C1C2. The second-order valence-electron chi connectivity index (χ2n) is 2.54. The number of halogens is 1. The van der Waals surface area contributed by atoms with Gasteiger partial charge in [0.2, 0.25) is 0 Å². The maximum Gasteiger partial charge on any atom is 0.117 e. The van der Waals surface area contributed by atoms with Gasteiger partial charge >= 0.3 is 0 Å². The number of rotatable bonds is 0. The zero-order valence-corrected chi connectivity index (χ0v) is 10.2. The highest BCUT2D eigenvalue weighted by atomic mass is 79.9. The Labute approximate surface area is 93.8 Å². The van der Waals surface area contributed by atoms with Crippen molar-refractivity contribution in [3.05, 3.63) is 20.5 Å². The molecule has 0 saturated carbocycles.